The first-order valence-electron chi connectivity index (χ1n) is 6.08. The monoisotopic (exact) mass is 350 g/mol. The highest BCUT2D eigenvalue weighted by molar-refractivity contribution is 9.10. The Morgan fingerprint density at radius 1 is 1.53 bits per heavy atom. The number of sulfonamides is 1. The van der Waals surface area contributed by atoms with Crippen molar-refractivity contribution >= 4 is 26.0 Å². The van der Waals surface area contributed by atoms with Crippen molar-refractivity contribution in [2.75, 3.05) is 20.1 Å². The molecule has 1 aromatic carbocycles. The molecular formula is C12H16BrFN2O2S. The molecule has 1 aliphatic heterocycles. The fraction of sp³-hybridized carbons (Fsp3) is 0.500. The second-order valence-corrected chi connectivity index (χ2v) is 7.32. The largest absolute Gasteiger partial charge is 0.318 e. The first-order chi connectivity index (χ1) is 8.96. The number of likely N-dealkylation sites (N-methyl/N-ethyl adjacent to an activating group) is 1. The van der Waals surface area contributed by atoms with Crippen molar-refractivity contribution in [2.24, 2.45) is 0 Å². The molecule has 1 atom stereocenters. The van der Waals surface area contributed by atoms with Crippen LogP contribution < -0.4 is 5.32 Å². The van der Waals surface area contributed by atoms with Gasteiger partial charge >= 0.3 is 0 Å². The first-order valence-corrected chi connectivity index (χ1v) is 8.31. The molecule has 2 rings (SSSR count). The zero-order valence-corrected chi connectivity index (χ0v) is 13.0. The van der Waals surface area contributed by atoms with Gasteiger partial charge in [0.25, 0.3) is 0 Å². The molecule has 19 heavy (non-hydrogen) atoms. The fourth-order valence-electron chi connectivity index (χ4n) is 2.37. The SMILES string of the molecule is CNCC1CCCN1S(=O)(=O)c1cc(Br)ccc1F. The Labute approximate surface area is 121 Å². The Hall–Kier alpha value is -0.500. The van der Waals surface area contributed by atoms with Gasteiger partial charge in [0.2, 0.25) is 10.0 Å². The van der Waals surface area contributed by atoms with Gasteiger partial charge in [0.1, 0.15) is 10.7 Å². The molecule has 0 saturated carbocycles. The molecule has 1 aliphatic rings. The highest BCUT2D eigenvalue weighted by atomic mass is 79.9. The summed E-state index contributed by atoms with van der Waals surface area (Å²) in [6.45, 7) is 1.02. The van der Waals surface area contributed by atoms with Crippen molar-refractivity contribution in [3.05, 3.63) is 28.5 Å². The number of halogens is 2. The van der Waals surface area contributed by atoms with Crippen LogP contribution in [0.15, 0.2) is 27.6 Å². The van der Waals surface area contributed by atoms with Crippen molar-refractivity contribution in [1.29, 1.82) is 0 Å². The molecule has 1 saturated heterocycles. The van der Waals surface area contributed by atoms with Gasteiger partial charge in [-0.2, -0.15) is 4.31 Å². The smallest absolute Gasteiger partial charge is 0.246 e. The molecule has 1 N–H and O–H groups in total. The zero-order chi connectivity index (χ0) is 14.0. The van der Waals surface area contributed by atoms with E-state index in [4.69, 9.17) is 0 Å². The molecule has 4 nitrogen and oxygen atoms in total. The minimum absolute atomic E-state index is 0.103. The number of hydrogen-bond donors (Lipinski definition) is 1. The minimum atomic E-state index is -3.77. The van der Waals surface area contributed by atoms with E-state index in [0.717, 1.165) is 12.8 Å². The maximum Gasteiger partial charge on any atom is 0.246 e. The molecule has 0 amide bonds. The zero-order valence-electron chi connectivity index (χ0n) is 10.6. The van der Waals surface area contributed by atoms with Crippen molar-refractivity contribution in [3.8, 4) is 0 Å². The summed E-state index contributed by atoms with van der Waals surface area (Å²) in [7, 11) is -1.99. The predicted molar refractivity (Wildman–Crippen MR) is 74.9 cm³/mol. The Balaban J connectivity index is 2.39. The van der Waals surface area contributed by atoms with Crippen LogP contribution in [0.25, 0.3) is 0 Å². The highest BCUT2D eigenvalue weighted by Gasteiger charge is 2.36. The van der Waals surface area contributed by atoms with Gasteiger partial charge in [-0.25, -0.2) is 12.8 Å². The van der Waals surface area contributed by atoms with Crippen molar-refractivity contribution in [3.63, 3.8) is 0 Å². The standard InChI is InChI=1S/C12H16BrFN2O2S/c1-15-8-10-3-2-6-16(10)19(17,18)12-7-9(13)4-5-11(12)14/h4-5,7,10,15H,2-3,6,8H2,1H3. The van der Waals surface area contributed by atoms with E-state index in [-0.39, 0.29) is 10.9 Å². The Morgan fingerprint density at radius 2 is 2.26 bits per heavy atom. The average molecular weight is 351 g/mol. The number of nitrogens with zero attached hydrogens (tertiary/aromatic N) is 1. The summed E-state index contributed by atoms with van der Waals surface area (Å²) in [5.74, 6) is -0.710. The molecule has 1 fully saturated rings. The lowest BCUT2D eigenvalue weighted by Gasteiger charge is -2.24. The summed E-state index contributed by atoms with van der Waals surface area (Å²) in [6.07, 6.45) is 1.61. The van der Waals surface area contributed by atoms with Gasteiger partial charge < -0.3 is 5.32 Å². The summed E-state index contributed by atoms with van der Waals surface area (Å²) >= 11 is 3.18. The van der Waals surface area contributed by atoms with E-state index < -0.39 is 15.8 Å². The van der Waals surface area contributed by atoms with E-state index in [1.165, 1.54) is 22.5 Å². The molecule has 7 heteroatoms. The second-order valence-electron chi connectivity index (χ2n) is 4.54. The molecule has 0 spiro atoms. The lowest BCUT2D eigenvalue weighted by Crippen LogP contribution is -2.41. The predicted octanol–water partition coefficient (Wildman–Crippen LogP) is 1.96. The maximum absolute atomic E-state index is 13.8. The molecule has 0 aliphatic carbocycles. The summed E-state index contributed by atoms with van der Waals surface area (Å²) in [5.41, 5.74) is 0. The van der Waals surface area contributed by atoms with Crippen LogP contribution in [0.5, 0.6) is 0 Å². The topological polar surface area (TPSA) is 49.4 Å². The molecule has 106 valence electrons. The van der Waals surface area contributed by atoms with Gasteiger partial charge in [-0.3, -0.25) is 0 Å². The van der Waals surface area contributed by atoms with Gasteiger partial charge in [0, 0.05) is 23.6 Å². The molecule has 1 aromatic rings. The van der Waals surface area contributed by atoms with Gasteiger partial charge in [-0.05, 0) is 38.1 Å². The van der Waals surface area contributed by atoms with Crippen LogP contribution >= 0.6 is 15.9 Å². The lowest BCUT2D eigenvalue weighted by molar-refractivity contribution is 0.376. The van der Waals surface area contributed by atoms with E-state index >= 15 is 0 Å². The summed E-state index contributed by atoms with van der Waals surface area (Å²) < 4.78 is 40.8. The minimum Gasteiger partial charge on any atom is -0.318 e. The van der Waals surface area contributed by atoms with Gasteiger partial charge in [0.05, 0.1) is 0 Å². The molecule has 0 bridgehead atoms. The number of benzene rings is 1. The Kier molecular flexibility index (Phi) is 4.60. The number of hydrogen-bond acceptors (Lipinski definition) is 3. The Bertz CT molecular complexity index is 565. The van der Waals surface area contributed by atoms with E-state index in [2.05, 4.69) is 21.2 Å². The molecule has 0 aromatic heterocycles. The number of rotatable bonds is 4. The molecule has 0 radical (unpaired) electrons. The third-order valence-electron chi connectivity index (χ3n) is 3.24. The maximum atomic E-state index is 13.8. The van der Waals surface area contributed by atoms with Gasteiger partial charge in [-0.15, -0.1) is 0 Å². The van der Waals surface area contributed by atoms with E-state index in [1.54, 1.807) is 7.05 Å². The highest BCUT2D eigenvalue weighted by Crippen LogP contribution is 2.28. The van der Waals surface area contributed by atoms with Crippen LogP contribution in [0.2, 0.25) is 0 Å². The summed E-state index contributed by atoms with van der Waals surface area (Å²) in [4.78, 5) is -0.259. The van der Waals surface area contributed by atoms with E-state index in [1.807, 2.05) is 0 Å². The number of nitrogens with one attached hydrogen (secondary N) is 1. The van der Waals surface area contributed by atoms with Crippen LogP contribution in [-0.4, -0.2) is 38.9 Å². The normalized spacial score (nSPS) is 20.9. The van der Waals surface area contributed by atoms with E-state index in [9.17, 15) is 12.8 Å². The van der Waals surface area contributed by atoms with Crippen LogP contribution in [0, 0.1) is 5.82 Å². The van der Waals surface area contributed by atoms with Crippen molar-refractivity contribution < 1.29 is 12.8 Å². The average Bonchev–Trinajstić information content (AvgIpc) is 2.81. The quantitative estimate of drug-likeness (QED) is 0.902. The second kappa shape index (κ2) is 5.87. The van der Waals surface area contributed by atoms with Gasteiger partial charge in [0.15, 0.2) is 0 Å². The van der Waals surface area contributed by atoms with Crippen LogP contribution in [0.1, 0.15) is 12.8 Å². The first kappa shape index (κ1) is 14.9. The third-order valence-corrected chi connectivity index (χ3v) is 5.70. The van der Waals surface area contributed by atoms with E-state index in [0.29, 0.717) is 17.6 Å². The molecule has 1 unspecified atom stereocenters. The lowest BCUT2D eigenvalue weighted by atomic mass is 10.2. The van der Waals surface area contributed by atoms with Crippen molar-refractivity contribution in [1.82, 2.24) is 9.62 Å². The molecule has 1 heterocycles. The summed E-state index contributed by atoms with van der Waals surface area (Å²) in [5, 5.41) is 2.98. The van der Waals surface area contributed by atoms with Crippen LogP contribution in [0.4, 0.5) is 4.39 Å². The van der Waals surface area contributed by atoms with Crippen molar-refractivity contribution in [2.45, 2.75) is 23.8 Å². The Morgan fingerprint density at radius 3 is 2.95 bits per heavy atom. The summed E-state index contributed by atoms with van der Waals surface area (Å²) in [6, 6.07) is 3.87. The molecular weight excluding hydrogens is 335 g/mol. The van der Waals surface area contributed by atoms with Crippen LogP contribution in [0.3, 0.4) is 0 Å². The van der Waals surface area contributed by atoms with Gasteiger partial charge in [-0.1, -0.05) is 15.9 Å². The van der Waals surface area contributed by atoms with Crippen LogP contribution in [-0.2, 0) is 10.0 Å². The fourth-order valence-corrected chi connectivity index (χ4v) is 4.66. The third kappa shape index (κ3) is 2.99.